The first-order chi connectivity index (χ1) is 13.7. The number of nitrogens with zero attached hydrogens (tertiary/aromatic N) is 1. The summed E-state index contributed by atoms with van der Waals surface area (Å²) in [5.41, 5.74) is 2.57. The fourth-order valence-electron chi connectivity index (χ4n) is 3.58. The molecule has 6 nitrogen and oxygen atoms in total. The topological polar surface area (TPSA) is 72.5 Å². The lowest BCUT2D eigenvalue weighted by molar-refractivity contribution is 0.0954. The highest BCUT2D eigenvalue weighted by Gasteiger charge is 2.14. The van der Waals surface area contributed by atoms with E-state index in [-0.39, 0.29) is 5.91 Å². The Morgan fingerprint density at radius 1 is 1.07 bits per heavy atom. The Bertz CT molecular complexity index is 788. The van der Waals surface area contributed by atoms with Gasteiger partial charge < -0.3 is 20.1 Å². The first-order valence-electron chi connectivity index (χ1n) is 9.90. The van der Waals surface area contributed by atoms with E-state index in [1.165, 1.54) is 32.1 Å². The summed E-state index contributed by atoms with van der Waals surface area (Å²) in [7, 11) is 3.23. The summed E-state index contributed by atoms with van der Waals surface area (Å²) in [6.07, 6.45) is 10.3. The third-order valence-corrected chi connectivity index (χ3v) is 5.12. The maximum absolute atomic E-state index is 12.5. The average molecular weight is 383 g/mol. The SMILES string of the molecule is COc1ccc(CCNC(=O)c2cncc(NC3CCCCC3)c2)cc1OC. The van der Waals surface area contributed by atoms with Crippen LogP contribution in [0.2, 0.25) is 0 Å². The van der Waals surface area contributed by atoms with E-state index in [1.54, 1.807) is 26.6 Å². The van der Waals surface area contributed by atoms with Crippen molar-refractivity contribution >= 4 is 11.6 Å². The van der Waals surface area contributed by atoms with Crippen molar-refractivity contribution in [1.82, 2.24) is 10.3 Å². The van der Waals surface area contributed by atoms with Gasteiger partial charge in [-0.15, -0.1) is 0 Å². The molecule has 28 heavy (non-hydrogen) atoms. The average Bonchev–Trinajstić information content (AvgIpc) is 2.74. The van der Waals surface area contributed by atoms with Gasteiger partial charge in [-0.05, 0) is 43.0 Å². The van der Waals surface area contributed by atoms with Gasteiger partial charge in [0.05, 0.1) is 25.5 Å². The number of anilines is 1. The number of benzene rings is 1. The molecule has 1 fully saturated rings. The minimum absolute atomic E-state index is 0.111. The minimum atomic E-state index is -0.111. The van der Waals surface area contributed by atoms with E-state index in [2.05, 4.69) is 15.6 Å². The molecule has 1 aliphatic rings. The number of hydrogen-bond donors (Lipinski definition) is 2. The predicted octanol–water partition coefficient (Wildman–Crippen LogP) is 3.82. The molecule has 0 atom stereocenters. The number of pyridine rings is 1. The lowest BCUT2D eigenvalue weighted by Gasteiger charge is -2.23. The number of carbonyl (C=O) groups is 1. The van der Waals surface area contributed by atoms with Gasteiger partial charge in [-0.3, -0.25) is 9.78 Å². The molecule has 6 heteroatoms. The number of aromatic nitrogens is 1. The molecule has 0 spiro atoms. The summed E-state index contributed by atoms with van der Waals surface area (Å²) < 4.78 is 10.6. The largest absolute Gasteiger partial charge is 0.493 e. The van der Waals surface area contributed by atoms with Crippen molar-refractivity contribution in [3.63, 3.8) is 0 Å². The summed E-state index contributed by atoms with van der Waals surface area (Å²) in [5.74, 6) is 1.28. The molecule has 0 bridgehead atoms. The highest BCUT2D eigenvalue weighted by molar-refractivity contribution is 5.94. The van der Waals surface area contributed by atoms with Crippen LogP contribution < -0.4 is 20.1 Å². The van der Waals surface area contributed by atoms with Crippen molar-refractivity contribution in [2.75, 3.05) is 26.1 Å². The van der Waals surface area contributed by atoms with Gasteiger partial charge in [0.2, 0.25) is 0 Å². The lowest BCUT2D eigenvalue weighted by atomic mass is 9.95. The Morgan fingerprint density at radius 3 is 2.61 bits per heavy atom. The Kier molecular flexibility index (Phi) is 7.12. The monoisotopic (exact) mass is 383 g/mol. The maximum atomic E-state index is 12.5. The normalized spacial score (nSPS) is 14.4. The summed E-state index contributed by atoms with van der Waals surface area (Å²) >= 11 is 0. The molecule has 0 aliphatic heterocycles. The third-order valence-electron chi connectivity index (χ3n) is 5.12. The number of ether oxygens (including phenoxy) is 2. The van der Waals surface area contributed by atoms with Crippen LogP contribution in [0.4, 0.5) is 5.69 Å². The highest BCUT2D eigenvalue weighted by Crippen LogP contribution is 2.27. The van der Waals surface area contributed by atoms with E-state index in [9.17, 15) is 4.79 Å². The fourth-order valence-corrected chi connectivity index (χ4v) is 3.58. The Balaban J connectivity index is 1.52. The number of amides is 1. The number of methoxy groups -OCH3 is 2. The van der Waals surface area contributed by atoms with Crippen LogP contribution in [0.5, 0.6) is 11.5 Å². The van der Waals surface area contributed by atoms with Gasteiger partial charge in [0.25, 0.3) is 5.91 Å². The van der Waals surface area contributed by atoms with E-state index >= 15 is 0 Å². The molecule has 1 aromatic carbocycles. The van der Waals surface area contributed by atoms with E-state index in [1.807, 2.05) is 24.3 Å². The zero-order valence-corrected chi connectivity index (χ0v) is 16.7. The number of nitrogens with one attached hydrogen (secondary N) is 2. The van der Waals surface area contributed by atoms with Crippen LogP contribution in [0, 0.1) is 0 Å². The molecule has 1 aromatic heterocycles. The molecule has 1 saturated carbocycles. The number of carbonyl (C=O) groups excluding carboxylic acids is 1. The highest BCUT2D eigenvalue weighted by atomic mass is 16.5. The van der Waals surface area contributed by atoms with Gasteiger partial charge in [-0.2, -0.15) is 0 Å². The molecule has 2 N–H and O–H groups in total. The van der Waals surface area contributed by atoms with Crippen LogP contribution in [0.15, 0.2) is 36.7 Å². The van der Waals surface area contributed by atoms with Crippen molar-refractivity contribution in [3.8, 4) is 11.5 Å². The second-order valence-electron chi connectivity index (χ2n) is 7.14. The molecule has 150 valence electrons. The molecule has 1 aliphatic carbocycles. The minimum Gasteiger partial charge on any atom is -0.493 e. The molecule has 0 radical (unpaired) electrons. The first kappa shape index (κ1) is 20.0. The van der Waals surface area contributed by atoms with Crippen molar-refractivity contribution in [3.05, 3.63) is 47.8 Å². The fraction of sp³-hybridized carbons (Fsp3) is 0.455. The Morgan fingerprint density at radius 2 is 1.86 bits per heavy atom. The van der Waals surface area contributed by atoms with Gasteiger partial charge in [-0.25, -0.2) is 0 Å². The molecule has 1 amide bonds. The molecular formula is C22H29N3O3. The standard InChI is InChI=1S/C22H29N3O3/c1-27-20-9-8-16(12-21(20)28-2)10-11-24-22(26)17-13-19(15-23-14-17)25-18-6-4-3-5-7-18/h8-9,12-15,18,25H,3-7,10-11H2,1-2H3,(H,24,26). The van der Waals surface area contributed by atoms with E-state index < -0.39 is 0 Å². The second kappa shape index (κ2) is 9.97. The van der Waals surface area contributed by atoms with Crippen LogP contribution in [-0.2, 0) is 6.42 Å². The van der Waals surface area contributed by atoms with Crippen molar-refractivity contribution in [2.45, 2.75) is 44.6 Å². The second-order valence-corrected chi connectivity index (χ2v) is 7.14. The summed E-state index contributed by atoms with van der Waals surface area (Å²) in [5, 5.41) is 6.48. The molecule has 0 saturated heterocycles. The smallest absolute Gasteiger partial charge is 0.252 e. The van der Waals surface area contributed by atoms with Gasteiger partial charge in [0.15, 0.2) is 11.5 Å². The molecule has 2 aromatic rings. The van der Waals surface area contributed by atoms with Gasteiger partial charge in [-0.1, -0.05) is 25.3 Å². The van der Waals surface area contributed by atoms with Crippen LogP contribution in [0.25, 0.3) is 0 Å². The van der Waals surface area contributed by atoms with Gasteiger partial charge >= 0.3 is 0 Å². The van der Waals surface area contributed by atoms with Crippen molar-refractivity contribution < 1.29 is 14.3 Å². The summed E-state index contributed by atoms with van der Waals surface area (Å²) in [4.78, 5) is 16.7. The summed E-state index contributed by atoms with van der Waals surface area (Å²) in [6.45, 7) is 0.536. The van der Waals surface area contributed by atoms with Crippen molar-refractivity contribution in [2.24, 2.45) is 0 Å². The van der Waals surface area contributed by atoms with E-state index in [0.29, 0.717) is 36.1 Å². The van der Waals surface area contributed by atoms with E-state index in [0.717, 1.165) is 11.3 Å². The van der Waals surface area contributed by atoms with Crippen molar-refractivity contribution in [1.29, 1.82) is 0 Å². The Hall–Kier alpha value is -2.76. The predicted molar refractivity (Wildman–Crippen MR) is 110 cm³/mol. The van der Waals surface area contributed by atoms with Crippen LogP contribution in [0.1, 0.15) is 48.0 Å². The molecule has 0 unspecified atom stereocenters. The summed E-state index contributed by atoms with van der Waals surface area (Å²) in [6, 6.07) is 8.15. The molecule has 3 rings (SSSR count). The zero-order valence-electron chi connectivity index (χ0n) is 16.7. The van der Waals surface area contributed by atoms with E-state index in [4.69, 9.17) is 9.47 Å². The van der Waals surface area contributed by atoms with Crippen LogP contribution in [-0.4, -0.2) is 37.7 Å². The first-order valence-corrected chi connectivity index (χ1v) is 9.90. The molecule has 1 heterocycles. The van der Waals surface area contributed by atoms with Crippen LogP contribution >= 0.6 is 0 Å². The van der Waals surface area contributed by atoms with Crippen LogP contribution in [0.3, 0.4) is 0 Å². The Labute approximate surface area is 166 Å². The quantitative estimate of drug-likeness (QED) is 0.725. The maximum Gasteiger partial charge on any atom is 0.252 e. The number of hydrogen-bond acceptors (Lipinski definition) is 5. The third kappa shape index (κ3) is 5.38. The van der Waals surface area contributed by atoms with Gasteiger partial charge in [0.1, 0.15) is 0 Å². The zero-order chi connectivity index (χ0) is 19.8. The van der Waals surface area contributed by atoms with Gasteiger partial charge in [0, 0.05) is 25.0 Å². The molecular weight excluding hydrogens is 354 g/mol. The number of rotatable bonds is 8. The lowest BCUT2D eigenvalue weighted by Crippen LogP contribution is -2.26.